The second-order valence-corrected chi connectivity index (χ2v) is 7.18. The molecule has 6 nitrogen and oxygen atoms in total. The van der Waals surface area contributed by atoms with E-state index >= 15 is 0 Å². The number of carbonyl (C=O) groups excluding carboxylic acids is 1. The first-order chi connectivity index (χ1) is 11.1. The first kappa shape index (κ1) is 14.7. The first-order valence-corrected chi connectivity index (χ1v) is 8.25. The molecule has 124 valence electrons. The standard InChI is InChI=1S/C16H20FN3O3/c17-12-6-18-16(22)20-15(12)23-7-13(21)19-14-10-2-8-1-9(4-10)5-11(14)3-8/h6,8-11,14H,1-5,7H2,(H,19,21)(H,18,20,22). The van der Waals surface area contributed by atoms with Crippen molar-refractivity contribution in [2.24, 2.45) is 23.7 Å². The number of rotatable bonds is 4. The average molecular weight is 321 g/mol. The SMILES string of the molecule is O=C(COc1[nH]c(=O)ncc1F)NC1C2CC3CC(C2)CC1C3. The summed E-state index contributed by atoms with van der Waals surface area (Å²) in [6, 6.07) is 0.222. The van der Waals surface area contributed by atoms with Crippen molar-refractivity contribution in [3.8, 4) is 5.88 Å². The molecule has 5 rings (SSSR count). The van der Waals surface area contributed by atoms with Gasteiger partial charge in [-0.25, -0.2) is 4.79 Å². The van der Waals surface area contributed by atoms with E-state index in [-0.39, 0.29) is 24.4 Å². The highest BCUT2D eigenvalue weighted by Crippen LogP contribution is 2.53. The molecular weight excluding hydrogens is 301 g/mol. The van der Waals surface area contributed by atoms with E-state index in [0.717, 1.165) is 18.0 Å². The molecule has 4 bridgehead atoms. The maximum atomic E-state index is 13.4. The van der Waals surface area contributed by atoms with Crippen molar-refractivity contribution in [1.29, 1.82) is 0 Å². The van der Waals surface area contributed by atoms with Gasteiger partial charge in [0, 0.05) is 6.04 Å². The van der Waals surface area contributed by atoms with Gasteiger partial charge in [0.1, 0.15) is 0 Å². The molecule has 1 heterocycles. The number of aromatic amines is 1. The van der Waals surface area contributed by atoms with Gasteiger partial charge in [0.15, 0.2) is 6.61 Å². The highest BCUT2D eigenvalue weighted by Gasteiger charge is 2.48. The molecule has 1 aromatic heterocycles. The van der Waals surface area contributed by atoms with E-state index in [9.17, 15) is 14.0 Å². The maximum Gasteiger partial charge on any atom is 0.347 e. The van der Waals surface area contributed by atoms with Gasteiger partial charge in [-0.2, -0.15) is 9.37 Å². The Morgan fingerprint density at radius 2 is 1.91 bits per heavy atom. The molecule has 0 radical (unpaired) electrons. The van der Waals surface area contributed by atoms with Crippen molar-refractivity contribution in [3.63, 3.8) is 0 Å². The van der Waals surface area contributed by atoms with Crippen LogP contribution in [0, 0.1) is 29.5 Å². The van der Waals surface area contributed by atoms with E-state index < -0.39 is 11.5 Å². The van der Waals surface area contributed by atoms with E-state index in [1.807, 2.05) is 0 Å². The fourth-order valence-corrected chi connectivity index (χ4v) is 4.99. The molecule has 4 aliphatic carbocycles. The molecule has 2 N–H and O–H groups in total. The van der Waals surface area contributed by atoms with Gasteiger partial charge >= 0.3 is 5.69 Å². The lowest BCUT2D eigenvalue weighted by atomic mass is 9.54. The largest absolute Gasteiger partial charge is 0.467 e. The van der Waals surface area contributed by atoms with Crippen LogP contribution < -0.4 is 15.7 Å². The fraction of sp³-hybridized carbons (Fsp3) is 0.688. The van der Waals surface area contributed by atoms with Gasteiger partial charge in [0.05, 0.1) is 6.20 Å². The highest BCUT2D eigenvalue weighted by atomic mass is 19.1. The molecule has 4 aliphatic rings. The van der Waals surface area contributed by atoms with Crippen LogP contribution >= 0.6 is 0 Å². The summed E-state index contributed by atoms with van der Waals surface area (Å²) in [6.07, 6.45) is 7.00. The molecule has 0 aromatic carbocycles. The predicted octanol–water partition coefficient (Wildman–Crippen LogP) is 1.23. The zero-order valence-corrected chi connectivity index (χ0v) is 12.8. The summed E-state index contributed by atoms with van der Waals surface area (Å²) >= 11 is 0. The number of H-pyrrole nitrogens is 1. The van der Waals surface area contributed by atoms with Crippen molar-refractivity contribution in [2.75, 3.05) is 6.61 Å². The third-order valence-electron chi connectivity index (χ3n) is 5.63. The minimum atomic E-state index is -0.785. The number of ether oxygens (including phenoxy) is 1. The van der Waals surface area contributed by atoms with Crippen molar-refractivity contribution in [3.05, 3.63) is 22.5 Å². The van der Waals surface area contributed by atoms with Gasteiger partial charge in [-0.15, -0.1) is 0 Å². The zero-order valence-electron chi connectivity index (χ0n) is 12.8. The average Bonchev–Trinajstić information content (AvgIpc) is 2.51. The van der Waals surface area contributed by atoms with Crippen LogP contribution in [0.2, 0.25) is 0 Å². The molecule has 1 amide bonds. The van der Waals surface area contributed by atoms with Crippen LogP contribution in [-0.2, 0) is 4.79 Å². The van der Waals surface area contributed by atoms with Crippen LogP contribution in [0.3, 0.4) is 0 Å². The van der Waals surface area contributed by atoms with E-state index in [1.54, 1.807) is 0 Å². The van der Waals surface area contributed by atoms with Crippen LogP contribution in [0.4, 0.5) is 4.39 Å². The second kappa shape index (κ2) is 5.62. The molecule has 0 atom stereocenters. The summed E-state index contributed by atoms with van der Waals surface area (Å²) in [6.45, 7) is -0.306. The highest BCUT2D eigenvalue weighted by molar-refractivity contribution is 5.77. The van der Waals surface area contributed by atoms with E-state index in [1.165, 1.54) is 32.1 Å². The fourth-order valence-electron chi connectivity index (χ4n) is 4.99. The lowest BCUT2D eigenvalue weighted by Gasteiger charge is -2.54. The van der Waals surface area contributed by atoms with Crippen LogP contribution in [0.5, 0.6) is 5.88 Å². The molecule has 1 aromatic rings. The molecular formula is C16H20FN3O3. The Morgan fingerprint density at radius 1 is 1.26 bits per heavy atom. The van der Waals surface area contributed by atoms with Gasteiger partial charge in [-0.3, -0.25) is 9.78 Å². The number of amides is 1. The summed E-state index contributed by atoms with van der Waals surface area (Å²) in [5, 5.41) is 3.07. The number of aromatic nitrogens is 2. The minimum Gasteiger partial charge on any atom is -0.467 e. The Hall–Kier alpha value is -1.92. The Balaban J connectivity index is 1.35. The van der Waals surface area contributed by atoms with Gasteiger partial charge in [-0.05, 0) is 55.8 Å². The van der Waals surface area contributed by atoms with Crippen molar-refractivity contribution in [1.82, 2.24) is 15.3 Å². The van der Waals surface area contributed by atoms with Crippen LogP contribution in [0.15, 0.2) is 11.0 Å². The number of halogens is 1. The molecule has 7 heteroatoms. The summed E-state index contributed by atoms with van der Waals surface area (Å²) in [7, 11) is 0. The number of carbonyl (C=O) groups is 1. The Labute approximate surface area is 132 Å². The van der Waals surface area contributed by atoms with Crippen LogP contribution in [-0.4, -0.2) is 28.5 Å². The Morgan fingerprint density at radius 3 is 2.57 bits per heavy atom. The molecule has 4 fully saturated rings. The van der Waals surface area contributed by atoms with Crippen molar-refractivity contribution >= 4 is 5.91 Å². The van der Waals surface area contributed by atoms with E-state index in [4.69, 9.17) is 4.74 Å². The quantitative estimate of drug-likeness (QED) is 0.873. The number of hydrogen-bond donors (Lipinski definition) is 2. The minimum absolute atomic E-state index is 0.222. The van der Waals surface area contributed by atoms with Crippen molar-refractivity contribution < 1.29 is 13.9 Å². The lowest BCUT2D eigenvalue weighted by molar-refractivity contribution is -0.127. The normalized spacial score (nSPS) is 34.4. The summed E-state index contributed by atoms with van der Waals surface area (Å²) in [4.78, 5) is 28.6. The summed E-state index contributed by atoms with van der Waals surface area (Å²) in [5.74, 6) is 1.45. The summed E-state index contributed by atoms with van der Waals surface area (Å²) < 4.78 is 18.5. The molecule has 0 aliphatic heterocycles. The van der Waals surface area contributed by atoms with Gasteiger partial charge in [0.2, 0.25) is 11.7 Å². The van der Waals surface area contributed by atoms with E-state index in [2.05, 4.69) is 15.3 Å². The lowest BCUT2D eigenvalue weighted by Crippen LogP contribution is -2.56. The number of nitrogens with one attached hydrogen (secondary N) is 2. The summed E-state index contributed by atoms with van der Waals surface area (Å²) in [5.41, 5.74) is -0.706. The zero-order chi connectivity index (χ0) is 16.0. The predicted molar refractivity (Wildman–Crippen MR) is 79.3 cm³/mol. The van der Waals surface area contributed by atoms with Gasteiger partial charge in [0.25, 0.3) is 5.91 Å². The topological polar surface area (TPSA) is 84.1 Å². The maximum absolute atomic E-state index is 13.4. The Bertz CT molecular complexity index is 647. The third-order valence-corrected chi connectivity index (χ3v) is 5.63. The second-order valence-electron chi connectivity index (χ2n) is 7.18. The monoisotopic (exact) mass is 321 g/mol. The van der Waals surface area contributed by atoms with Gasteiger partial charge < -0.3 is 10.1 Å². The smallest absolute Gasteiger partial charge is 0.347 e. The number of nitrogens with zero attached hydrogens (tertiary/aromatic N) is 1. The number of hydrogen-bond acceptors (Lipinski definition) is 4. The molecule has 23 heavy (non-hydrogen) atoms. The molecule has 0 spiro atoms. The molecule has 4 saturated carbocycles. The van der Waals surface area contributed by atoms with E-state index in [0.29, 0.717) is 11.8 Å². The third kappa shape index (κ3) is 2.84. The van der Waals surface area contributed by atoms with Crippen LogP contribution in [0.25, 0.3) is 0 Å². The first-order valence-electron chi connectivity index (χ1n) is 8.25. The van der Waals surface area contributed by atoms with Crippen molar-refractivity contribution in [2.45, 2.75) is 38.1 Å². The molecule has 0 unspecified atom stereocenters. The molecule has 0 saturated heterocycles. The van der Waals surface area contributed by atoms with Crippen LogP contribution in [0.1, 0.15) is 32.1 Å². The van der Waals surface area contributed by atoms with Gasteiger partial charge in [-0.1, -0.05) is 0 Å². The Kier molecular flexibility index (Phi) is 3.58.